The van der Waals surface area contributed by atoms with Crippen molar-refractivity contribution in [3.63, 3.8) is 0 Å². The highest BCUT2D eigenvalue weighted by Gasteiger charge is 2.45. The second-order valence-corrected chi connectivity index (χ2v) is 16.3. The molecule has 9 aromatic rings. The fourth-order valence-corrected chi connectivity index (χ4v) is 10.8. The number of hydrogen-bond donors (Lipinski definition) is 0. The van der Waals surface area contributed by atoms with Crippen LogP contribution in [0.2, 0.25) is 0 Å². The highest BCUT2D eigenvalue weighted by Crippen LogP contribution is 2.55. The first-order valence-corrected chi connectivity index (χ1v) is 20.6. The lowest BCUT2D eigenvalue weighted by Gasteiger charge is -2.32. The van der Waals surface area contributed by atoms with Gasteiger partial charge in [0.1, 0.15) is 0 Å². The Morgan fingerprint density at radius 2 is 0.911 bits per heavy atom. The number of hydrogen-bond acceptors (Lipinski definition) is 3. The Hall–Kier alpha value is -6.42. The number of thiophene rings is 1. The minimum atomic E-state index is -0.0339. The van der Waals surface area contributed by atoms with E-state index in [0.717, 1.165) is 31.4 Å². The van der Waals surface area contributed by atoms with Gasteiger partial charge in [0.2, 0.25) is 0 Å². The number of aryl methyl sites for hydroxylation is 2. The first-order valence-electron chi connectivity index (χ1n) is 19.8. The van der Waals surface area contributed by atoms with E-state index in [1.807, 2.05) is 11.3 Å². The Balaban J connectivity index is 1.10. The number of nitrogens with zero attached hydrogens (tertiary/aromatic N) is 2. The van der Waals surface area contributed by atoms with Gasteiger partial charge >= 0.3 is 0 Å². The van der Waals surface area contributed by atoms with Crippen molar-refractivity contribution < 1.29 is 0 Å². The van der Waals surface area contributed by atoms with E-state index in [4.69, 9.17) is 0 Å². The molecule has 8 aromatic carbocycles. The van der Waals surface area contributed by atoms with Crippen LogP contribution in [0, 0.1) is 0 Å². The molecule has 2 aliphatic rings. The van der Waals surface area contributed by atoms with Gasteiger partial charge in [-0.15, -0.1) is 11.3 Å². The van der Waals surface area contributed by atoms with Gasteiger partial charge in [-0.2, -0.15) is 0 Å². The molecule has 0 saturated carbocycles. The summed E-state index contributed by atoms with van der Waals surface area (Å²) in [5, 5.41) is 2.64. The minimum absolute atomic E-state index is 0.0339. The van der Waals surface area contributed by atoms with Crippen molar-refractivity contribution in [2.75, 3.05) is 9.80 Å². The van der Waals surface area contributed by atoms with Gasteiger partial charge in [-0.05, 0) is 132 Å². The largest absolute Gasteiger partial charge is 0.310 e. The summed E-state index contributed by atoms with van der Waals surface area (Å²) >= 11 is 1.88. The maximum atomic E-state index is 2.55. The normalized spacial score (nSPS) is 15.6. The smallest absolute Gasteiger partial charge is 0.0547 e. The summed E-state index contributed by atoms with van der Waals surface area (Å²) in [4.78, 5) is 4.92. The lowest BCUT2D eigenvalue weighted by Crippen LogP contribution is -2.22. The lowest BCUT2D eigenvalue weighted by molar-refractivity contribution is 0.507. The zero-order chi connectivity index (χ0) is 37.1. The fourth-order valence-electron chi connectivity index (χ4n) is 9.73. The van der Waals surface area contributed by atoms with Crippen molar-refractivity contribution in [1.29, 1.82) is 0 Å². The van der Waals surface area contributed by atoms with E-state index in [9.17, 15) is 0 Å². The van der Waals surface area contributed by atoms with Crippen LogP contribution in [0.1, 0.15) is 35.1 Å². The topological polar surface area (TPSA) is 6.48 Å². The van der Waals surface area contributed by atoms with Gasteiger partial charge in [0.15, 0.2) is 0 Å². The molecule has 2 nitrogen and oxygen atoms in total. The molecule has 1 aromatic heterocycles. The van der Waals surface area contributed by atoms with Gasteiger partial charge < -0.3 is 9.80 Å². The van der Waals surface area contributed by atoms with E-state index in [0.29, 0.717) is 0 Å². The number of fused-ring (bicyclic) bond motifs is 7. The molecule has 3 heteroatoms. The molecule has 11 rings (SSSR count). The van der Waals surface area contributed by atoms with Crippen LogP contribution < -0.4 is 9.80 Å². The van der Waals surface area contributed by atoms with Gasteiger partial charge in [-0.25, -0.2) is 0 Å². The molecule has 0 unspecified atom stereocenters. The number of rotatable bonds is 7. The molecule has 0 bridgehead atoms. The van der Waals surface area contributed by atoms with Crippen molar-refractivity contribution in [2.24, 2.45) is 0 Å². The Morgan fingerprint density at radius 3 is 1.50 bits per heavy atom. The lowest BCUT2D eigenvalue weighted by atomic mass is 9.76. The summed E-state index contributed by atoms with van der Waals surface area (Å²) < 4.78 is 2.63. The third-order valence-corrected chi connectivity index (χ3v) is 13.4. The van der Waals surface area contributed by atoms with Crippen LogP contribution in [0.4, 0.5) is 34.1 Å². The molecule has 1 spiro atoms. The maximum Gasteiger partial charge on any atom is 0.0547 e. The van der Waals surface area contributed by atoms with Gasteiger partial charge in [-0.1, -0.05) is 115 Å². The average Bonchev–Trinajstić information content (AvgIpc) is 3.96. The average molecular weight is 737 g/mol. The Kier molecular flexibility index (Phi) is 7.89. The summed E-state index contributed by atoms with van der Waals surface area (Å²) in [6, 6.07) is 71.7. The van der Waals surface area contributed by atoms with Gasteiger partial charge in [0, 0.05) is 59.6 Å². The fraction of sp³-hybridized carbons (Fsp3) is 0.0943. The molecule has 268 valence electrons. The van der Waals surface area contributed by atoms with Crippen molar-refractivity contribution in [3.8, 4) is 11.1 Å². The van der Waals surface area contributed by atoms with E-state index in [1.54, 1.807) is 0 Å². The van der Waals surface area contributed by atoms with Crippen LogP contribution in [-0.2, 0) is 18.3 Å². The van der Waals surface area contributed by atoms with Gasteiger partial charge in [-0.3, -0.25) is 0 Å². The first kappa shape index (κ1) is 33.0. The molecule has 0 saturated heterocycles. The van der Waals surface area contributed by atoms with Crippen LogP contribution in [-0.4, -0.2) is 0 Å². The van der Waals surface area contributed by atoms with Crippen LogP contribution >= 0.6 is 11.3 Å². The highest BCUT2D eigenvalue weighted by molar-refractivity contribution is 7.26. The predicted octanol–water partition coefficient (Wildman–Crippen LogP) is 14.8. The van der Waals surface area contributed by atoms with Gasteiger partial charge in [0.05, 0.1) is 5.69 Å². The maximum absolute atomic E-state index is 2.55. The van der Waals surface area contributed by atoms with Crippen LogP contribution in [0.5, 0.6) is 0 Å². The number of para-hydroxylation sites is 3. The standard InChI is InChI=1S/C53H40N2S/c1-5-15-39(16-6-1)51-48(29-30-50-52(51)45-23-13-14-24-49(45)56-50)55(42-21-11-4-12-22-42)44-28-26-38-32-34-53(47(38)36-44)33-31-37-25-27-43(35-46(37)53)54(40-17-7-2-8-18-40)41-19-9-3-10-20-41/h1-30,35-36H,31-34H2/t53-/m1/s1. The predicted molar refractivity (Wildman–Crippen MR) is 238 cm³/mol. The van der Waals surface area contributed by atoms with Crippen LogP contribution in [0.25, 0.3) is 31.3 Å². The third kappa shape index (κ3) is 5.30. The number of anilines is 6. The molecular formula is C53H40N2S. The molecule has 0 aliphatic heterocycles. The molecule has 0 amide bonds. The molecule has 0 fully saturated rings. The molecule has 56 heavy (non-hydrogen) atoms. The molecule has 1 heterocycles. The van der Waals surface area contributed by atoms with Crippen LogP contribution in [0.3, 0.4) is 0 Å². The monoisotopic (exact) mass is 736 g/mol. The van der Waals surface area contributed by atoms with E-state index in [2.05, 4.69) is 204 Å². The highest BCUT2D eigenvalue weighted by atomic mass is 32.1. The summed E-state index contributed by atoms with van der Waals surface area (Å²) in [6.45, 7) is 0. The van der Waals surface area contributed by atoms with Crippen molar-refractivity contribution >= 4 is 65.6 Å². The second kappa shape index (κ2) is 13.4. The first-order chi connectivity index (χ1) is 27.7. The summed E-state index contributed by atoms with van der Waals surface area (Å²) in [6.07, 6.45) is 4.45. The molecular weight excluding hydrogens is 697 g/mol. The Morgan fingerprint density at radius 1 is 0.411 bits per heavy atom. The third-order valence-electron chi connectivity index (χ3n) is 12.2. The zero-order valence-electron chi connectivity index (χ0n) is 31.1. The number of benzene rings is 8. The Labute approximate surface area is 332 Å². The van der Waals surface area contributed by atoms with E-state index in [-0.39, 0.29) is 5.41 Å². The summed E-state index contributed by atoms with van der Waals surface area (Å²) in [7, 11) is 0. The van der Waals surface area contributed by atoms with Gasteiger partial charge in [0.25, 0.3) is 0 Å². The SMILES string of the molecule is c1ccc(-c2c(N(c3ccccc3)c3ccc4c(c3)[C@]3(CCc5ccc(N(c6ccccc6)c6ccccc6)cc53)CC4)ccc3sc4ccccc4c23)cc1. The van der Waals surface area contributed by atoms with Crippen molar-refractivity contribution in [2.45, 2.75) is 31.1 Å². The molecule has 0 N–H and O–H groups in total. The van der Waals surface area contributed by atoms with Crippen LogP contribution in [0.15, 0.2) is 194 Å². The zero-order valence-corrected chi connectivity index (χ0v) is 31.9. The Bertz CT molecular complexity index is 2820. The minimum Gasteiger partial charge on any atom is -0.310 e. The molecule has 1 atom stereocenters. The second-order valence-electron chi connectivity index (χ2n) is 15.2. The molecule has 2 aliphatic carbocycles. The summed E-state index contributed by atoms with van der Waals surface area (Å²) in [5.74, 6) is 0. The molecule has 0 radical (unpaired) electrons. The van der Waals surface area contributed by atoms with Crippen molar-refractivity contribution in [3.05, 3.63) is 216 Å². The van der Waals surface area contributed by atoms with E-state index >= 15 is 0 Å². The van der Waals surface area contributed by atoms with E-state index in [1.165, 1.54) is 82.0 Å². The summed E-state index contributed by atoms with van der Waals surface area (Å²) in [5.41, 5.74) is 15.5. The quantitative estimate of drug-likeness (QED) is 0.161. The van der Waals surface area contributed by atoms with E-state index < -0.39 is 0 Å². The van der Waals surface area contributed by atoms with Crippen molar-refractivity contribution in [1.82, 2.24) is 0 Å².